The summed E-state index contributed by atoms with van der Waals surface area (Å²) in [6.07, 6.45) is 1.83. The monoisotopic (exact) mass is 236 g/mol. The Hall–Kier alpha value is -1.60. The molecular weight excluding hydrogens is 219 g/mol. The maximum atomic E-state index is 12.9. The summed E-state index contributed by atoms with van der Waals surface area (Å²) < 4.78 is 12.9. The quantitative estimate of drug-likeness (QED) is 0.746. The highest BCUT2D eigenvalue weighted by molar-refractivity contribution is 5.57. The number of hydrogen-bond acceptors (Lipinski definition) is 3. The van der Waals surface area contributed by atoms with Crippen LogP contribution in [0, 0.1) is 23.1 Å². The number of benzene rings is 1. The number of hydrogen-bond donors (Lipinski definition) is 2. The van der Waals surface area contributed by atoms with Crippen LogP contribution in [0.15, 0.2) is 18.2 Å². The molecular formula is C13H17FN2O. The molecule has 0 amide bonds. The predicted octanol–water partition coefficient (Wildman–Crippen LogP) is 2.52. The van der Waals surface area contributed by atoms with E-state index in [1.54, 1.807) is 6.07 Å². The van der Waals surface area contributed by atoms with Crippen LogP contribution in [0.3, 0.4) is 0 Å². The normalized spacial score (nSPS) is 11.9. The Balaban J connectivity index is 2.44. The van der Waals surface area contributed by atoms with Gasteiger partial charge in [-0.05, 0) is 37.0 Å². The van der Waals surface area contributed by atoms with Gasteiger partial charge in [-0.1, -0.05) is 6.92 Å². The second-order valence-corrected chi connectivity index (χ2v) is 4.16. The molecule has 1 rings (SSSR count). The minimum Gasteiger partial charge on any atom is -0.396 e. The van der Waals surface area contributed by atoms with Gasteiger partial charge in [-0.3, -0.25) is 0 Å². The van der Waals surface area contributed by atoms with E-state index in [0.29, 0.717) is 23.7 Å². The Morgan fingerprint density at radius 3 is 2.94 bits per heavy atom. The molecule has 2 N–H and O–H groups in total. The molecule has 4 heteroatoms. The van der Waals surface area contributed by atoms with Gasteiger partial charge in [-0.25, -0.2) is 4.39 Å². The van der Waals surface area contributed by atoms with E-state index in [1.165, 1.54) is 12.1 Å². The lowest BCUT2D eigenvalue weighted by Crippen LogP contribution is -2.07. The molecule has 0 saturated carbocycles. The lowest BCUT2D eigenvalue weighted by atomic mass is 10.1. The molecule has 1 unspecified atom stereocenters. The fourth-order valence-corrected chi connectivity index (χ4v) is 1.53. The molecule has 1 aromatic rings. The Kier molecular flexibility index (Phi) is 5.44. The Labute approximate surface area is 101 Å². The van der Waals surface area contributed by atoms with Crippen LogP contribution in [-0.2, 0) is 0 Å². The first kappa shape index (κ1) is 13.5. The first-order valence-electron chi connectivity index (χ1n) is 5.71. The van der Waals surface area contributed by atoms with Crippen molar-refractivity contribution in [2.75, 3.05) is 18.5 Å². The molecule has 17 heavy (non-hydrogen) atoms. The van der Waals surface area contributed by atoms with Gasteiger partial charge in [0.2, 0.25) is 0 Å². The van der Waals surface area contributed by atoms with Gasteiger partial charge in [0.05, 0.1) is 11.3 Å². The van der Waals surface area contributed by atoms with Crippen molar-refractivity contribution in [2.45, 2.75) is 19.8 Å². The van der Waals surface area contributed by atoms with Crippen molar-refractivity contribution >= 4 is 5.69 Å². The predicted molar refractivity (Wildman–Crippen MR) is 65.1 cm³/mol. The molecule has 0 aliphatic rings. The van der Waals surface area contributed by atoms with Crippen LogP contribution in [0.4, 0.5) is 10.1 Å². The smallest absolute Gasteiger partial charge is 0.124 e. The summed E-state index contributed by atoms with van der Waals surface area (Å²) in [6.45, 7) is 2.89. The number of nitriles is 1. The van der Waals surface area contributed by atoms with E-state index in [-0.39, 0.29) is 6.61 Å². The average Bonchev–Trinajstić information content (AvgIpc) is 2.35. The number of halogens is 1. The second-order valence-electron chi connectivity index (χ2n) is 4.16. The maximum Gasteiger partial charge on any atom is 0.124 e. The Morgan fingerprint density at radius 1 is 1.53 bits per heavy atom. The zero-order valence-corrected chi connectivity index (χ0v) is 9.91. The van der Waals surface area contributed by atoms with Crippen molar-refractivity contribution in [1.82, 2.24) is 0 Å². The van der Waals surface area contributed by atoms with Crippen molar-refractivity contribution in [1.29, 1.82) is 5.26 Å². The molecule has 0 heterocycles. The van der Waals surface area contributed by atoms with E-state index in [1.807, 2.05) is 13.0 Å². The first-order chi connectivity index (χ1) is 8.17. The van der Waals surface area contributed by atoms with Gasteiger partial charge in [0.1, 0.15) is 11.9 Å². The summed E-state index contributed by atoms with van der Waals surface area (Å²) in [5.41, 5.74) is 0.978. The molecule has 0 radical (unpaired) electrons. The third-order valence-corrected chi connectivity index (χ3v) is 2.60. The molecule has 3 nitrogen and oxygen atoms in total. The summed E-state index contributed by atoms with van der Waals surface area (Å²) in [4.78, 5) is 0. The van der Waals surface area contributed by atoms with Gasteiger partial charge in [-0.15, -0.1) is 0 Å². The molecule has 92 valence electrons. The highest BCUT2D eigenvalue weighted by atomic mass is 19.1. The summed E-state index contributed by atoms with van der Waals surface area (Å²) >= 11 is 0. The topological polar surface area (TPSA) is 56.0 Å². The van der Waals surface area contributed by atoms with Crippen molar-refractivity contribution in [2.24, 2.45) is 5.92 Å². The SMILES string of the molecule is CC(CO)CCCNc1ccc(F)cc1C#N. The zero-order valence-electron chi connectivity index (χ0n) is 9.91. The number of anilines is 1. The summed E-state index contributed by atoms with van der Waals surface area (Å²) in [6, 6.07) is 6.08. The van der Waals surface area contributed by atoms with Gasteiger partial charge >= 0.3 is 0 Å². The van der Waals surface area contributed by atoms with Crippen molar-refractivity contribution in [3.8, 4) is 6.07 Å². The van der Waals surface area contributed by atoms with E-state index in [2.05, 4.69) is 5.32 Å². The molecule has 0 saturated heterocycles. The molecule has 0 aromatic heterocycles. The van der Waals surface area contributed by atoms with E-state index in [4.69, 9.17) is 10.4 Å². The maximum absolute atomic E-state index is 12.9. The Bertz CT molecular complexity index is 401. The van der Waals surface area contributed by atoms with Crippen LogP contribution < -0.4 is 5.32 Å². The van der Waals surface area contributed by atoms with E-state index in [9.17, 15) is 4.39 Å². The van der Waals surface area contributed by atoms with Crippen LogP contribution in [0.5, 0.6) is 0 Å². The van der Waals surface area contributed by atoms with Gasteiger partial charge in [0.15, 0.2) is 0 Å². The third kappa shape index (κ3) is 4.41. The first-order valence-corrected chi connectivity index (χ1v) is 5.71. The highest BCUT2D eigenvalue weighted by Crippen LogP contribution is 2.16. The summed E-state index contributed by atoms with van der Waals surface area (Å²) in [7, 11) is 0. The standard InChI is InChI=1S/C13H17FN2O/c1-10(9-17)3-2-6-16-13-5-4-12(14)7-11(13)8-15/h4-5,7,10,16-17H,2-3,6,9H2,1H3. The second kappa shape index (κ2) is 6.87. The van der Waals surface area contributed by atoms with Gasteiger partial charge in [-0.2, -0.15) is 5.26 Å². The van der Waals surface area contributed by atoms with Gasteiger partial charge in [0, 0.05) is 13.2 Å². The van der Waals surface area contributed by atoms with Crippen molar-refractivity contribution < 1.29 is 9.50 Å². The minimum absolute atomic E-state index is 0.194. The summed E-state index contributed by atoms with van der Waals surface area (Å²) in [5, 5.41) is 20.8. The number of nitrogens with zero attached hydrogens (tertiary/aromatic N) is 1. The van der Waals surface area contributed by atoms with Crippen LogP contribution >= 0.6 is 0 Å². The number of rotatable bonds is 6. The van der Waals surface area contributed by atoms with Crippen molar-refractivity contribution in [3.05, 3.63) is 29.6 Å². The molecule has 0 fully saturated rings. The lowest BCUT2D eigenvalue weighted by Gasteiger charge is -2.10. The van der Waals surface area contributed by atoms with Crippen LogP contribution in [0.1, 0.15) is 25.3 Å². The highest BCUT2D eigenvalue weighted by Gasteiger charge is 2.03. The fourth-order valence-electron chi connectivity index (χ4n) is 1.53. The minimum atomic E-state index is -0.402. The van der Waals surface area contributed by atoms with Crippen LogP contribution in [0.2, 0.25) is 0 Å². The lowest BCUT2D eigenvalue weighted by molar-refractivity contribution is 0.229. The van der Waals surface area contributed by atoms with Crippen LogP contribution in [0.25, 0.3) is 0 Å². The third-order valence-electron chi connectivity index (χ3n) is 2.60. The molecule has 1 aromatic carbocycles. The Morgan fingerprint density at radius 2 is 2.29 bits per heavy atom. The number of nitrogens with one attached hydrogen (secondary N) is 1. The molecule has 1 atom stereocenters. The van der Waals surface area contributed by atoms with E-state index >= 15 is 0 Å². The molecule has 0 aliphatic carbocycles. The average molecular weight is 236 g/mol. The van der Waals surface area contributed by atoms with Crippen molar-refractivity contribution in [3.63, 3.8) is 0 Å². The largest absolute Gasteiger partial charge is 0.396 e. The summed E-state index contributed by atoms with van der Waals surface area (Å²) in [5.74, 6) is -0.110. The van der Waals surface area contributed by atoms with E-state index < -0.39 is 5.82 Å². The fraction of sp³-hybridized carbons (Fsp3) is 0.462. The van der Waals surface area contributed by atoms with E-state index in [0.717, 1.165) is 12.8 Å². The molecule has 0 aliphatic heterocycles. The van der Waals surface area contributed by atoms with Crippen LogP contribution in [-0.4, -0.2) is 18.3 Å². The number of aliphatic hydroxyl groups is 1. The zero-order chi connectivity index (χ0) is 12.7. The van der Waals surface area contributed by atoms with Gasteiger partial charge < -0.3 is 10.4 Å². The van der Waals surface area contributed by atoms with Gasteiger partial charge in [0.25, 0.3) is 0 Å². The molecule has 0 spiro atoms. The number of aliphatic hydroxyl groups excluding tert-OH is 1. The molecule has 0 bridgehead atoms.